The normalized spacial score (nSPS) is 17.3. The number of amides is 1. The third kappa shape index (κ3) is 2.89. The van der Waals surface area contributed by atoms with Crippen molar-refractivity contribution in [2.24, 2.45) is 0 Å². The summed E-state index contributed by atoms with van der Waals surface area (Å²) in [5.41, 5.74) is 4.61. The number of para-hydroxylation sites is 1. The van der Waals surface area contributed by atoms with Gasteiger partial charge in [0.15, 0.2) is 23.0 Å². The van der Waals surface area contributed by atoms with E-state index in [2.05, 4.69) is 6.92 Å². The van der Waals surface area contributed by atoms with Crippen molar-refractivity contribution in [3.63, 3.8) is 0 Å². The molecule has 0 aliphatic carbocycles. The molecule has 8 heteroatoms. The topological polar surface area (TPSA) is 69.7 Å². The molecule has 6 rings (SSSR count). The van der Waals surface area contributed by atoms with Crippen LogP contribution in [0.25, 0.3) is 11.8 Å². The zero-order valence-corrected chi connectivity index (χ0v) is 19.8. The maximum atomic E-state index is 14.1. The van der Waals surface area contributed by atoms with Crippen molar-refractivity contribution in [3.8, 4) is 28.7 Å². The Balaban J connectivity index is 1.67. The molecule has 8 nitrogen and oxygen atoms in total. The summed E-state index contributed by atoms with van der Waals surface area (Å²) in [5.74, 6) is 2.51. The SMILES string of the molecule is COc1ccc2c(c1OC)C(=O)N(c1ccccc1)N1C2=Cc2c(cc3c(c2OC)OCO3)C1C. The second-order valence-corrected chi connectivity index (χ2v) is 8.37. The zero-order chi connectivity index (χ0) is 24.3. The molecule has 3 aliphatic heterocycles. The molecular weight excluding hydrogens is 448 g/mol. The lowest BCUT2D eigenvalue weighted by Gasteiger charge is -2.48. The molecule has 0 fully saturated rings. The first-order valence-electron chi connectivity index (χ1n) is 11.2. The second-order valence-electron chi connectivity index (χ2n) is 8.37. The van der Waals surface area contributed by atoms with Gasteiger partial charge in [-0.1, -0.05) is 18.2 Å². The van der Waals surface area contributed by atoms with Gasteiger partial charge in [-0.15, -0.1) is 0 Å². The van der Waals surface area contributed by atoms with Gasteiger partial charge in [0.1, 0.15) is 0 Å². The molecule has 0 spiro atoms. The fourth-order valence-electron chi connectivity index (χ4n) is 5.14. The van der Waals surface area contributed by atoms with Crippen molar-refractivity contribution in [1.29, 1.82) is 0 Å². The predicted molar refractivity (Wildman–Crippen MR) is 130 cm³/mol. The number of benzene rings is 3. The number of anilines is 1. The van der Waals surface area contributed by atoms with Crippen molar-refractivity contribution in [2.45, 2.75) is 13.0 Å². The van der Waals surface area contributed by atoms with Crippen molar-refractivity contribution >= 4 is 23.4 Å². The van der Waals surface area contributed by atoms with Crippen molar-refractivity contribution < 1.29 is 28.5 Å². The third-order valence-corrected chi connectivity index (χ3v) is 6.68. The van der Waals surface area contributed by atoms with Gasteiger partial charge in [0.2, 0.25) is 12.5 Å². The van der Waals surface area contributed by atoms with E-state index >= 15 is 0 Å². The molecule has 3 aliphatic rings. The van der Waals surface area contributed by atoms with E-state index in [0.717, 1.165) is 28.1 Å². The molecular formula is C27H24N2O6. The third-order valence-electron chi connectivity index (χ3n) is 6.68. The molecule has 1 atom stereocenters. The number of nitrogens with zero attached hydrogens (tertiary/aromatic N) is 2. The number of hydrogen-bond donors (Lipinski definition) is 0. The lowest BCUT2D eigenvalue weighted by Crippen LogP contribution is -2.51. The average molecular weight is 472 g/mol. The second kappa shape index (κ2) is 7.87. The number of hydrazine groups is 1. The first-order chi connectivity index (χ1) is 17.1. The fourth-order valence-corrected chi connectivity index (χ4v) is 5.14. The van der Waals surface area contributed by atoms with Crippen LogP contribution in [0, 0.1) is 0 Å². The number of ether oxygens (including phenoxy) is 5. The lowest BCUT2D eigenvalue weighted by atomic mass is 9.88. The highest BCUT2D eigenvalue weighted by Gasteiger charge is 2.44. The molecule has 35 heavy (non-hydrogen) atoms. The maximum absolute atomic E-state index is 14.1. The maximum Gasteiger partial charge on any atom is 0.281 e. The average Bonchev–Trinajstić information content (AvgIpc) is 3.36. The largest absolute Gasteiger partial charge is 0.493 e. The molecule has 0 saturated heterocycles. The molecule has 3 aromatic carbocycles. The molecule has 0 bridgehead atoms. The van der Waals surface area contributed by atoms with E-state index in [9.17, 15) is 4.79 Å². The van der Waals surface area contributed by atoms with Gasteiger partial charge in [-0.2, -0.15) is 0 Å². The van der Waals surface area contributed by atoms with E-state index in [0.29, 0.717) is 34.3 Å². The summed E-state index contributed by atoms with van der Waals surface area (Å²) in [4.78, 5) is 14.1. The van der Waals surface area contributed by atoms with Gasteiger partial charge in [0.25, 0.3) is 5.91 Å². The van der Waals surface area contributed by atoms with Crippen molar-refractivity contribution in [2.75, 3.05) is 33.1 Å². The van der Waals surface area contributed by atoms with Crippen molar-refractivity contribution in [1.82, 2.24) is 5.01 Å². The molecule has 3 heterocycles. The summed E-state index contributed by atoms with van der Waals surface area (Å²) in [6, 6.07) is 15.0. The van der Waals surface area contributed by atoms with E-state index in [1.54, 1.807) is 26.3 Å². The minimum absolute atomic E-state index is 0.137. The summed E-state index contributed by atoms with van der Waals surface area (Å²) in [7, 11) is 4.72. The van der Waals surface area contributed by atoms with Crippen LogP contribution in [0.3, 0.4) is 0 Å². The number of hydrogen-bond acceptors (Lipinski definition) is 7. The van der Waals surface area contributed by atoms with Gasteiger partial charge in [-0.05, 0) is 48.9 Å². The Morgan fingerprint density at radius 3 is 2.43 bits per heavy atom. The zero-order valence-electron chi connectivity index (χ0n) is 19.8. The molecule has 0 saturated carbocycles. The Bertz CT molecular complexity index is 1380. The first kappa shape index (κ1) is 21.2. The minimum atomic E-state index is -0.223. The van der Waals surface area contributed by atoms with E-state index < -0.39 is 0 Å². The van der Waals surface area contributed by atoms with Crippen LogP contribution in [-0.4, -0.2) is 39.0 Å². The summed E-state index contributed by atoms with van der Waals surface area (Å²) in [5, 5.41) is 3.71. The highest BCUT2D eigenvalue weighted by atomic mass is 16.7. The summed E-state index contributed by atoms with van der Waals surface area (Å²) < 4.78 is 28.4. The van der Waals surface area contributed by atoms with E-state index in [4.69, 9.17) is 23.7 Å². The molecule has 0 aromatic heterocycles. The number of fused-ring (bicyclic) bond motifs is 5. The van der Waals surface area contributed by atoms with Crippen LogP contribution >= 0.6 is 0 Å². The van der Waals surface area contributed by atoms with Crippen molar-refractivity contribution in [3.05, 3.63) is 70.8 Å². The molecule has 1 unspecified atom stereocenters. The van der Waals surface area contributed by atoms with E-state index in [-0.39, 0.29) is 18.7 Å². The number of carbonyl (C=O) groups excluding carboxylic acids is 1. The van der Waals surface area contributed by atoms with E-state index in [1.807, 2.05) is 59.6 Å². The number of carbonyl (C=O) groups is 1. The quantitative estimate of drug-likeness (QED) is 0.535. The minimum Gasteiger partial charge on any atom is -0.493 e. The molecule has 178 valence electrons. The van der Waals surface area contributed by atoms with Crippen LogP contribution in [0.2, 0.25) is 0 Å². The van der Waals surface area contributed by atoms with Gasteiger partial charge < -0.3 is 23.7 Å². The smallest absolute Gasteiger partial charge is 0.281 e. The number of rotatable bonds is 4. The lowest BCUT2D eigenvalue weighted by molar-refractivity contribution is 0.0895. The van der Waals surface area contributed by atoms with Crippen LogP contribution in [0.15, 0.2) is 48.5 Å². The highest BCUT2D eigenvalue weighted by molar-refractivity contribution is 6.15. The van der Waals surface area contributed by atoms with Crippen LogP contribution in [0.1, 0.15) is 40.0 Å². The molecule has 0 N–H and O–H groups in total. The summed E-state index contributed by atoms with van der Waals surface area (Å²) in [6.45, 7) is 2.19. The Labute approximate surface area is 202 Å². The molecule has 3 aromatic rings. The monoisotopic (exact) mass is 472 g/mol. The standard InChI is InChI=1S/C27H24N2O6/c1-15-18-13-22-26(35-14-34-22)24(32-3)19(18)12-20-17-10-11-21(31-2)25(33-4)23(17)27(30)29(28(15)20)16-8-6-5-7-9-16/h5-13,15H,14H2,1-4H3. The summed E-state index contributed by atoms with van der Waals surface area (Å²) >= 11 is 0. The Kier molecular flexibility index (Phi) is 4.77. The predicted octanol–water partition coefficient (Wildman–Crippen LogP) is 4.89. The molecule has 0 radical (unpaired) electrons. The molecule has 1 amide bonds. The Hall–Kier alpha value is -4.33. The van der Waals surface area contributed by atoms with Crippen LogP contribution < -0.4 is 28.7 Å². The fraction of sp³-hybridized carbons (Fsp3) is 0.222. The Morgan fingerprint density at radius 2 is 1.71 bits per heavy atom. The van der Waals surface area contributed by atoms with Crippen LogP contribution in [-0.2, 0) is 0 Å². The van der Waals surface area contributed by atoms with Gasteiger partial charge >= 0.3 is 0 Å². The summed E-state index contributed by atoms with van der Waals surface area (Å²) in [6.07, 6.45) is 2.03. The van der Waals surface area contributed by atoms with Crippen LogP contribution in [0.5, 0.6) is 28.7 Å². The van der Waals surface area contributed by atoms with Gasteiger partial charge in [-0.3, -0.25) is 9.80 Å². The van der Waals surface area contributed by atoms with Gasteiger partial charge in [0, 0.05) is 11.1 Å². The highest BCUT2D eigenvalue weighted by Crippen LogP contribution is 2.54. The van der Waals surface area contributed by atoms with Crippen LogP contribution in [0.4, 0.5) is 5.69 Å². The first-order valence-corrected chi connectivity index (χ1v) is 11.2. The van der Waals surface area contributed by atoms with E-state index in [1.165, 1.54) is 0 Å². The Morgan fingerprint density at radius 1 is 0.943 bits per heavy atom. The van der Waals surface area contributed by atoms with Gasteiger partial charge in [-0.25, -0.2) is 5.01 Å². The number of methoxy groups -OCH3 is 3. The van der Waals surface area contributed by atoms with Gasteiger partial charge in [0.05, 0.1) is 44.3 Å².